The maximum Gasteiger partial charge on any atom is 0.0561 e. The highest BCUT2D eigenvalue weighted by atomic mass is 15.1. The number of para-hydroxylation sites is 5. The van der Waals surface area contributed by atoms with Gasteiger partial charge in [-0.2, -0.15) is 0 Å². The van der Waals surface area contributed by atoms with Gasteiger partial charge in [-0.1, -0.05) is 128 Å². The second kappa shape index (κ2) is 14.1. The van der Waals surface area contributed by atoms with E-state index >= 15 is 0 Å². The molecule has 1 unspecified atom stereocenters. The van der Waals surface area contributed by atoms with E-state index in [9.17, 15) is 0 Å². The van der Waals surface area contributed by atoms with Gasteiger partial charge in [0.2, 0.25) is 0 Å². The average molecular weight is 682 g/mol. The zero-order chi connectivity index (χ0) is 35.6. The molecule has 0 saturated heterocycles. The number of hydrogen-bond donors (Lipinski definition) is 0. The summed E-state index contributed by atoms with van der Waals surface area (Å²) >= 11 is 0. The van der Waals surface area contributed by atoms with Gasteiger partial charge >= 0.3 is 0 Å². The molecule has 3 nitrogen and oxygen atoms in total. The molecule has 1 atom stereocenters. The van der Waals surface area contributed by atoms with Gasteiger partial charge in [-0.05, 0) is 102 Å². The average Bonchev–Trinajstić information content (AvgIpc) is 3.56. The van der Waals surface area contributed by atoms with Crippen LogP contribution in [0.3, 0.4) is 0 Å². The molecule has 0 aliphatic heterocycles. The SMILES string of the molecule is CC(c1ccc(N(c2ccccc2)c2ccccc2)cc1)c1ccc(N(c2ccccc2)c2ccc3c4ccccc4n(-c4ccccc4)c3c2)cc1. The molecule has 0 saturated carbocycles. The van der Waals surface area contributed by atoms with Crippen molar-refractivity contribution in [3.63, 3.8) is 0 Å². The van der Waals surface area contributed by atoms with Gasteiger partial charge in [0.15, 0.2) is 0 Å². The third kappa shape index (κ3) is 6.13. The summed E-state index contributed by atoms with van der Waals surface area (Å²) in [6, 6.07) is 76.1. The Morgan fingerprint density at radius 1 is 0.340 bits per heavy atom. The van der Waals surface area contributed by atoms with Crippen LogP contribution in [-0.4, -0.2) is 4.57 Å². The molecular weight excluding hydrogens is 643 g/mol. The fraction of sp³-hybridized carbons (Fsp3) is 0.0400. The Balaban J connectivity index is 1.06. The van der Waals surface area contributed by atoms with Crippen LogP contribution in [-0.2, 0) is 0 Å². The van der Waals surface area contributed by atoms with Gasteiger partial charge in [0.25, 0.3) is 0 Å². The number of nitrogens with zero attached hydrogens (tertiary/aromatic N) is 3. The van der Waals surface area contributed by atoms with E-state index in [-0.39, 0.29) is 5.92 Å². The van der Waals surface area contributed by atoms with Gasteiger partial charge in [-0.25, -0.2) is 0 Å². The first kappa shape index (κ1) is 32.1. The second-order valence-corrected chi connectivity index (χ2v) is 13.5. The molecule has 1 aromatic heterocycles. The molecule has 9 rings (SSSR count). The summed E-state index contributed by atoms with van der Waals surface area (Å²) in [5, 5.41) is 2.50. The van der Waals surface area contributed by atoms with E-state index in [1.165, 1.54) is 32.9 Å². The fourth-order valence-electron chi connectivity index (χ4n) is 7.60. The van der Waals surface area contributed by atoms with Crippen molar-refractivity contribution in [2.24, 2.45) is 0 Å². The van der Waals surface area contributed by atoms with Gasteiger partial charge in [0, 0.05) is 56.5 Å². The van der Waals surface area contributed by atoms with Gasteiger partial charge in [-0.15, -0.1) is 0 Å². The van der Waals surface area contributed by atoms with Crippen molar-refractivity contribution in [2.45, 2.75) is 12.8 Å². The Hall–Kier alpha value is -6.84. The molecule has 1 heterocycles. The molecule has 0 bridgehead atoms. The van der Waals surface area contributed by atoms with Crippen LogP contribution < -0.4 is 9.80 Å². The standard InChI is InChI=1S/C50H39N3/c1-37(38-26-30-44(31-27-38)51(40-16-6-2-7-17-40)41-18-8-3-9-19-41)39-28-32-45(33-29-39)52(42-20-10-4-11-21-42)46-34-35-48-47-24-14-15-25-49(47)53(50(48)36-46)43-22-12-5-13-23-43/h2-37H,1H3. The van der Waals surface area contributed by atoms with Crippen molar-refractivity contribution < 1.29 is 0 Å². The minimum absolute atomic E-state index is 0.225. The maximum absolute atomic E-state index is 2.38. The molecule has 254 valence electrons. The molecule has 8 aromatic carbocycles. The van der Waals surface area contributed by atoms with Crippen molar-refractivity contribution in [2.75, 3.05) is 9.80 Å². The molecule has 3 heteroatoms. The monoisotopic (exact) mass is 681 g/mol. The molecule has 0 N–H and O–H groups in total. The third-order valence-electron chi connectivity index (χ3n) is 10.3. The number of rotatable bonds is 9. The van der Waals surface area contributed by atoms with Crippen LogP contribution in [0.15, 0.2) is 212 Å². The largest absolute Gasteiger partial charge is 0.311 e. The van der Waals surface area contributed by atoms with E-state index in [0.717, 1.165) is 39.8 Å². The molecule has 0 radical (unpaired) electrons. The lowest BCUT2D eigenvalue weighted by atomic mass is 9.92. The minimum Gasteiger partial charge on any atom is -0.311 e. The molecular formula is C50H39N3. The van der Waals surface area contributed by atoms with Crippen molar-refractivity contribution in [3.8, 4) is 5.69 Å². The zero-order valence-corrected chi connectivity index (χ0v) is 29.6. The lowest BCUT2D eigenvalue weighted by molar-refractivity contribution is 0.922. The van der Waals surface area contributed by atoms with Crippen LogP contribution in [0.4, 0.5) is 34.1 Å². The van der Waals surface area contributed by atoms with Crippen molar-refractivity contribution >= 4 is 55.9 Å². The molecule has 0 amide bonds. The van der Waals surface area contributed by atoms with Gasteiger partial charge in [-0.3, -0.25) is 0 Å². The summed E-state index contributed by atoms with van der Waals surface area (Å²) in [5.41, 5.74) is 12.9. The smallest absolute Gasteiger partial charge is 0.0561 e. The summed E-state index contributed by atoms with van der Waals surface area (Å²) in [7, 11) is 0. The summed E-state index contributed by atoms with van der Waals surface area (Å²) in [5.74, 6) is 0.225. The fourth-order valence-corrected chi connectivity index (χ4v) is 7.60. The van der Waals surface area contributed by atoms with E-state index in [4.69, 9.17) is 0 Å². The molecule has 53 heavy (non-hydrogen) atoms. The number of benzene rings is 8. The lowest BCUT2D eigenvalue weighted by Crippen LogP contribution is -2.10. The van der Waals surface area contributed by atoms with Crippen LogP contribution in [0, 0.1) is 0 Å². The van der Waals surface area contributed by atoms with E-state index in [1.54, 1.807) is 0 Å². The van der Waals surface area contributed by atoms with Crippen molar-refractivity contribution in [3.05, 3.63) is 223 Å². The van der Waals surface area contributed by atoms with Gasteiger partial charge in [0.1, 0.15) is 0 Å². The van der Waals surface area contributed by atoms with E-state index in [0.29, 0.717) is 0 Å². The first-order valence-corrected chi connectivity index (χ1v) is 18.3. The summed E-state index contributed by atoms with van der Waals surface area (Å²) in [4.78, 5) is 4.66. The Morgan fingerprint density at radius 2 is 0.717 bits per heavy atom. The predicted molar refractivity (Wildman–Crippen MR) is 224 cm³/mol. The van der Waals surface area contributed by atoms with E-state index in [2.05, 4.69) is 234 Å². The summed E-state index contributed by atoms with van der Waals surface area (Å²) < 4.78 is 2.38. The van der Waals surface area contributed by atoms with Crippen molar-refractivity contribution in [1.82, 2.24) is 4.57 Å². The number of fused-ring (bicyclic) bond motifs is 3. The minimum atomic E-state index is 0.225. The summed E-state index contributed by atoms with van der Waals surface area (Å²) in [6.07, 6.45) is 0. The Kier molecular flexibility index (Phi) is 8.51. The Bertz CT molecular complexity index is 2560. The normalized spacial score (nSPS) is 11.8. The van der Waals surface area contributed by atoms with Gasteiger partial charge < -0.3 is 14.4 Å². The quantitative estimate of drug-likeness (QED) is 0.150. The van der Waals surface area contributed by atoms with Crippen molar-refractivity contribution in [1.29, 1.82) is 0 Å². The number of aromatic nitrogens is 1. The highest BCUT2D eigenvalue weighted by Crippen LogP contribution is 2.41. The van der Waals surface area contributed by atoms with E-state index in [1.807, 2.05) is 0 Å². The molecule has 0 spiro atoms. The number of anilines is 6. The predicted octanol–water partition coefficient (Wildman–Crippen LogP) is 13.9. The highest BCUT2D eigenvalue weighted by molar-refractivity contribution is 6.10. The number of hydrogen-bond acceptors (Lipinski definition) is 2. The third-order valence-corrected chi connectivity index (χ3v) is 10.3. The van der Waals surface area contributed by atoms with Gasteiger partial charge in [0.05, 0.1) is 11.0 Å². The molecule has 0 fully saturated rings. The topological polar surface area (TPSA) is 11.4 Å². The summed E-state index contributed by atoms with van der Waals surface area (Å²) in [6.45, 7) is 2.29. The first-order chi connectivity index (χ1) is 26.2. The first-order valence-electron chi connectivity index (χ1n) is 18.3. The lowest BCUT2D eigenvalue weighted by Gasteiger charge is -2.27. The Labute approximate surface area is 311 Å². The second-order valence-electron chi connectivity index (χ2n) is 13.5. The van der Waals surface area contributed by atoms with Crippen LogP contribution >= 0.6 is 0 Å². The van der Waals surface area contributed by atoms with Crippen LogP contribution in [0.25, 0.3) is 27.5 Å². The molecule has 9 aromatic rings. The van der Waals surface area contributed by atoms with E-state index < -0.39 is 0 Å². The van der Waals surface area contributed by atoms with Crippen LogP contribution in [0.1, 0.15) is 24.0 Å². The Morgan fingerprint density at radius 3 is 1.23 bits per heavy atom. The highest BCUT2D eigenvalue weighted by Gasteiger charge is 2.19. The van der Waals surface area contributed by atoms with Crippen LogP contribution in [0.2, 0.25) is 0 Å². The van der Waals surface area contributed by atoms with Crippen LogP contribution in [0.5, 0.6) is 0 Å². The molecule has 0 aliphatic carbocycles. The zero-order valence-electron chi connectivity index (χ0n) is 29.6. The molecule has 0 aliphatic rings. The maximum atomic E-state index is 2.38.